The van der Waals surface area contributed by atoms with E-state index in [9.17, 15) is 0 Å². The molecule has 1 fully saturated rings. The molecule has 1 rings (SSSR count). The predicted octanol–water partition coefficient (Wildman–Crippen LogP) is 0.794. The zero-order chi connectivity index (χ0) is 6.69. The topological polar surface area (TPSA) is 44.6 Å². The molecule has 0 saturated heterocycles. The van der Waals surface area contributed by atoms with Gasteiger partial charge in [0.1, 0.15) is 5.84 Å². The van der Waals surface area contributed by atoms with Crippen molar-refractivity contribution in [2.24, 2.45) is 10.9 Å². The highest BCUT2D eigenvalue weighted by Crippen LogP contribution is 2.26. The average molecular weight is 128 g/mol. The van der Waals surface area contributed by atoms with Crippen molar-refractivity contribution in [3.63, 3.8) is 0 Å². The maximum absolute atomic E-state index is 8.48. The molecule has 0 aromatic carbocycles. The summed E-state index contributed by atoms with van der Waals surface area (Å²) in [5.74, 6) is 1.24. The van der Waals surface area contributed by atoms with E-state index in [2.05, 4.69) is 10.5 Å². The van der Waals surface area contributed by atoms with Gasteiger partial charge in [0.15, 0.2) is 0 Å². The number of amidine groups is 1. The zero-order valence-corrected chi connectivity index (χ0v) is 5.59. The van der Waals surface area contributed by atoms with Gasteiger partial charge in [-0.25, -0.2) is 0 Å². The fourth-order valence-corrected chi connectivity index (χ4v) is 1.01. The Labute approximate surface area is 54.8 Å². The van der Waals surface area contributed by atoms with E-state index >= 15 is 0 Å². The van der Waals surface area contributed by atoms with Crippen molar-refractivity contribution in [1.29, 1.82) is 0 Å². The SMILES string of the molecule is CN=C(NO)C1CCC1. The number of aliphatic imine (C=N–C) groups is 1. The van der Waals surface area contributed by atoms with E-state index in [1.165, 1.54) is 19.3 Å². The van der Waals surface area contributed by atoms with Crippen LogP contribution in [0.2, 0.25) is 0 Å². The summed E-state index contributed by atoms with van der Waals surface area (Å²) in [4.78, 5) is 3.88. The van der Waals surface area contributed by atoms with E-state index in [-0.39, 0.29) is 0 Å². The highest BCUT2D eigenvalue weighted by molar-refractivity contribution is 5.83. The lowest BCUT2D eigenvalue weighted by Gasteiger charge is -2.25. The molecule has 0 bridgehead atoms. The number of nitrogens with one attached hydrogen (secondary N) is 1. The molecule has 52 valence electrons. The summed E-state index contributed by atoms with van der Waals surface area (Å²) in [6.07, 6.45) is 3.60. The van der Waals surface area contributed by atoms with Crippen LogP contribution < -0.4 is 5.48 Å². The summed E-state index contributed by atoms with van der Waals surface area (Å²) >= 11 is 0. The third-order valence-corrected chi connectivity index (χ3v) is 1.85. The summed E-state index contributed by atoms with van der Waals surface area (Å²) in [6, 6.07) is 0. The highest BCUT2D eigenvalue weighted by Gasteiger charge is 2.22. The number of hydroxylamine groups is 1. The zero-order valence-electron chi connectivity index (χ0n) is 5.59. The molecule has 0 aromatic heterocycles. The second-order valence-corrected chi connectivity index (χ2v) is 2.35. The number of hydrogen-bond donors (Lipinski definition) is 2. The lowest BCUT2D eigenvalue weighted by molar-refractivity contribution is 0.218. The van der Waals surface area contributed by atoms with Crippen molar-refractivity contribution in [2.75, 3.05) is 7.05 Å². The first kappa shape index (κ1) is 6.55. The van der Waals surface area contributed by atoms with E-state index in [0.29, 0.717) is 5.92 Å². The molecule has 0 amide bonds. The second kappa shape index (κ2) is 2.82. The van der Waals surface area contributed by atoms with Crippen LogP contribution in [0.5, 0.6) is 0 Å². The molecule has 0 atom stereocenters. The van der Waals surface area contributed by atoms with Gasteiger partial charge in [-0.3, -0.25) is 15.7 Å². The largest absolute Gasteiger partial charge is 0.290 e. The molecule has 3 nitrogen and oxygen atoms in total. The van der Waals surface area contributed by atoms with E-state index < -0.39 is 0 Å². The number of hydrogen-bond acceptors (Lipinski definition) is 2. The Bertz CT molecular complexity index is 118. The van der Waals surface area contributed by atoms with Crippen LogP contribution in [0.25, 0.3) is 0 Å². The van der Waals surface area contributed by atoms with Crippen molar-refractivity contribution in [2.45, 2.75) is 19.3 Å². The summed E-state index contributed by atoms with van der Waals surface area (Å²) in [6.45, 7) is 0. The van der Waals surface area contributed by atoms with Crippen LogP contribution in [-0.2, 0) is 0 Å². The fraction of sp³-hybridized carbons (Fsp3) is 0.833. The molecule has 3 heteroatoms. The Kier molecular flexibility index (Phi) is 2.05. The molecule has 1 saturated carbocycles. The molecule has 0 spiro atoms. The van der Waals surface area contributed by atoms with Gasteiger partial charge < -0.3 is 0 Å². The predicted molar refractivity (Wildman–Crippen MR) is 35.6 cm³/mol. The lowest BCUT2D eigenvalue weighted by atomic mass is 9.84. The average Bonchev–Trinajstić information content (AvgIpc) is 1.78. The first-order valence-electron chi connectivity index (χ1n) is 3.25. The van der Waals surface area contributed by atoms with Gasteiger partial charge in [0.25, 0.3) is 0 Å². The molecule has 0 heterocycles. The quantitative estimate of drug-likeness (QED) is 0.311. The fourth-order valence-electron chi connectivity index (χ4n) is 1.01. The maximum atomic E-state index is 8.48. The minimum absolute atomic E-state index is 0.500. The smallest absolute Gasteiger partial charge is 0.123 e. The first-order chi connectivity index (χ1) is 4.38. The molecular formula is C6H12N2O. The second-order valence-electron chi connectivity index (χ2n) is 2.35. The van der Waals surface area contributed by atoms with E-state index in [1.54, 1.807) is 7.05 Å². The van der Waals surface area contributed by atoms with Crippen molar-refractivity contribution in [1.82, 2.24) is 5.48 Å². The van der Waals surface area contributed by atoms with Crippen LogP contribution in [-0.4, -0.2) is 18.1 Å². The van der Waals surface area contributed by atoms with E-state index in [1.807, 2.05) is 0 Å². The van der Waals surface area contributed by atoms with Crippen molar-refractivity contribution >= 4 is 5.84 Å². The first-order valence-corrected chi connectivity index (χ1v) is 3.25. The third kappa shape index (κ3) is 1.21. The Morgan fingerprint density at radius 1 is 1.67 bits per heavy atom. The van der Waals surface area contributed by atoms with Gasteiger partial charge in [-0.2, -0.15) is 0 Å². The van der Waals surface area contributed by atoms with Gasteiger partial charge in [0, 0.05) is 13.0 Å². The monoisotopic (exact) mass is 128 g/mol. The summed E-state index contributed by atoms with van der Waals surface area (Å²) < 4.78 is 0. The van der Waals surface area contributed by atoms with Crippen molar-refractivity contribution in [3.05, 3.63) is 0 Å². The minimum atomic E-state index is 0.500. The maximum Gasteiger partial charge on any atom is 0.123 e. The van der Waals surface area contributed by atoms with E-state index in [0.717, 1.165) is 5.84 Å². The number of rotatable bonds is 1. The normalized spacial score (nSPS) is 21.3. The van der Waals surface area contributed by atoms with Gasteiger partial charge in [-0.1, -0.05) is 6.42 Å². The van der Waals surface area contributed by atoms with Gasteiger partial charge in [0.05, 0.1) is 0 Å². The van der Waals surface area contributed by atoms with Gasteiger partial charge in [-0.15, -0.1) is 0 Å². The Morgan fingerprint density at radius 2 is 2.33 bits per heavy atom. The van der Waals surface area contributed by atoms with Gasteiger partial charge in [-0.05, 0) is 12.8 Å². The van der Waals surface area contributed by atoms with E-state index in [4.69, 9.17) is 5.21 Å². The lowest BCUT2D eigenvalue weighted by Crippen LogP contribution is -2.32. The van der Waals surface area contributed by atoms with Gasteiger partial charge >= 0.3 is 0 Å². The standard InChI is InChI=1S/C6H12N2O/c1-7-6(8-9)5-3-2-4-5/h5,9H,2-4H2,1H3,(H,7,8). The molecule has 0 aliphatic heterocycles. The molecule has 2 N–H and O–H groups in total. The van der Waals surface area contributed by atoms with Crippen LogP contribution >= 0.6 is 0 Å². The summed E-state index contributed by atoms with van der Waals surface area (Å²) in [7, 11) is 1.69. The molecule has 1 aliphatic carbocycles. The molecule has 0 aromatic rings. The highest BCUT2D eigenvalue weighted by atomic mass is 16.5. The van der Waals surface area contributed by atoms with Crippen LogP contribution in [0.15, 0.2) is 4.99 Å². The Balaban J connectivity index is 2.37. The van der Waals surface area contributed by atoms with Gasteiger partial charge in [0.2, 0.25) is 0 Å². The molecule has 0 radical (unpaired) electrons. The Hall–Kier alpha value is -0.570. The van der Waals surface area contributed by atoms with Crippen molar-refractivity contribution < 1.29 is 5.21 Å². The molecule has 0 unspecified atom stereocenters. The molecule has 9 heavy (non-hydrogen) atoms. The summed E-state index contributed by atoms with van der Waals surface area (Å²) in [5, 5.41) is 8.48. The van der Waals surface area contributed by atoms with Crippen LogP contribution in [0.3, 0.4) is 0 Å². The number of nitrogens with zero attached hydrogens (tertiary/aromatic N) is 1. The molecular weight excluding hydrogens is 116 g/mol. The van der Waals surface area contributed by atoms with Crippen LogP contribution in [0.1, 0.15) is 19.3 Å². The minimum Gasteiger partial charge on any atom is -0.290 e. The van der Waals surface area contributed by atoms with Crippen molar-refractivity contribution in [3.8, 4) is 0 Å². The third-order valence-electron chi connectivity index (χ3n) is 1.85. The van der Waals surface area contributed by atoms with Crippen LogP contribution in [0, 0.1) is 5.92 Å². The summed E-state index contributed by atoms with van der Waals surface area (Å²) in [5.41, 5.74) is 2.10. The van der Waals surface area contributed by atoms with Crippen LogP contribution in [0.4, 0.5) is 0 Å². The molecule has 1 aliphatic rings. The Morgan fingerprint density at radius 3 is 2.44 bits per heavy atom.